The number of benzene rings is 3. The smallest absolute Gasteiger partial charge is 0.115 e. The number of nitrogens with zero attached hydrogens (tertiary/aromatic N) is 1. The molecule has 22 heavy (non-hydrogen) atoms. The number of phenols is 1. The Labute approximate surface area is 144 Å². The highest BCUT2D eigenvalue weighted by molar-refractivity contribution is 9.10. The average Bonchev–Trinajstić information content (AvgIpc) is 2.80. The molecule has 0 aliphatic rings. The Morgan fingerprint density at radius 3 is 1.68 bits per heavy atom. The van der Waals surface area contributed by atoms with Crippen LogP contribution < -0.4 is 0 Å². The van der Waals surface area contributed by atoms with E-state index in [9.17, 15) is 5.11 Å². The minimum Gasteiger partial charge on any atom is -0.508 e. The molecule has 1 aromatic heterocycles. The van der Waals surface area contributed by atoms with Crippen molar-refractivity contribution < 1.29 is 5.11 Å². The molecule has 0 saturated carbocycles. The number of aromatic hydroxyl groups is 1. The third-order valence-corrected chi connectivity index (χ3v) is 4.79. The van der Waals surface area contributed by atoms with Gasteiger partial charge in [0.15, 0.2) is 0 Å². The summed E-state index contributed by atoms with van der Waals surface area (Å²) in [5.74, 6) is 0.270. The van der Waals surface area contributed by atoms with Crippen molar-refractivity contribution in [3.05, 3.63) is 69.6 Å². The summed E-state index contributed by atoms with van der Waals surface area (Å²) in [6, 6.07) is 19.9. The fourth-order valence-corrected chi connectivity index (χ4v) is 3.54. The minimum absolute atomic E-state index is 0.270. The molecular formula is C18H11Br2NO. The molecule has 108 valence electrons. The van der Waals surface area contributed by atoms with E-state index in [2.05, 4.69) is 72.8 Å². The van der Waals surface area contributed by atoms with Gasteiger partial charge in [-0.1, -0.05) is 44.0 Å². The number of phenolic OH excluding ortho intramolecular Hbond substituents is 1. The molecule has 0 aliphatic heterocycles. The van der Waals surface area contributed by atoms with Gasteiger partial charge in [-0.2, -0.15) is 0 Å². The predicted molar refractivity (Wildman–Crippen MR) is 97.8 cm³/mol. The van der Waals surface area contributed by atoms with Gasteiger partial charge in [0.25, 0.3) is 0 Å². The van der Waals surface area contributed by atoms with E-state index in [0.29, 0.717) is 0 Å². The first-order valence-electron chi connectivity index (χ1n) is 6.82. The van der Waals surface area contributed by atoms with Gasteiger partial charge in [-0.25, -0.2) is 0 Å². The van der Waals surface area contributed by atoms with Gasteiger partial charge in [-0.05, 0) is 48.5 Å². The normalized spacial score (nSPS) is 11.4. The van der Waals surface area contributed by atoms with Crippen LogP contribution in [-0.2, 0) is 0 Å². The highest BCUT2D eigenvalue weighted by Gasteiger charge is 2.12. The molecule has 0 aliphatic carbocycles. The van der Waals surface area contributed by atoms with Crippen LogP contribution in [0, 0.1) is 0 Å². The molecule has 0 amide bonds. The van der Waals surface area contributed by atoms with Crippen molar-refractivity contribution in [2.24, 2.45) is 0 Å². The van der Waals surface area contributed by atoms with Gasteiger partial charge in [-0.3, -0.25) is 0 Å². The van der Waals surface area contributed by atoms with Crippen LogP contribution in [0.5, 0.6) is 5.75 Å². The molecule has 0 bridgehead atoms. The molecule has 0 radical (unpaired) electrons. The van der Waals surface area contributed by atoms with Gasteiger partial charge in [0.05, 0.1) is 11.0 Å². The lowest BCUT2D eigenvalue weighted by atomic mass is 10.2. The second kappa shape index (κ2) is 5.14. The van der Waals surface area contributed by atoms with Gasteiger partial charge >= 0.3 is 0 Å². The van der Waals surface area contributed by atoms with Crippen molar-refractivity contribution >= 4 is 53.7 Å². The van der Waals surface area contributed by atoms with Gasteiger partial charge in [0.2, 0.25) is 0 Å². The van der Waals surface area contributed by atoms with Gasteiger partial charge < -0.3 is 9.67 Å². The van der Waals surface area contributed by atoms with Crippen LogP contribution in [0.4, 0.5) is 0 Å². The number of halogens is 2. The van der Waals surface area contributed by atoms with E-state index in [1.807, 2.05) is 12.1 Å². The van der Waals surface area contributed by atoms with Crippen LogP contribution in [0.25, 0.3) is 27.5 Å². The summed E-state index contributed by atoms with van der Waals surface area (Å²) in [6.45, 7) is 0. The predicted octanol–water partition coefficient (Wildman–Crippen LogP) is 6.01. The maximum Gasteiger partial charge on any atom is 0.115 e. The van der Waals surface area contributed by atoms with E-state index in [0.717, 1.165) is 25.7 Å². The average molecular weight is 417 g/mol. The highest BCUT2D eigenvalue weighted by atomic mass is 79.9. The first-order chi connectivity index (χ1) is 10.6. The monoisotopic (exact) mass is 415 g/mol. The summed E-state index contributed by atoms with van der Waals surface area (Å²) in [4.78, 5) is 0. The SMILES string of the molecule is Oc1ccc(-n2c3cc(Br)ccc3c3ccc(Br)cc32)cc1. The fraction of sp³-hybridized carbons (Fsp3) is 0. The van der Waals surface area contributed by atoms with E-state index < -0.39 is 0 Å². The fourth-order valence-electron chi connectivity index (χ4n) is 2.84. The maximum absolute atomic E-state index is 9.54. The Hall–Kier alpha value is -1.78. The van der Waals surface area contributed by atoms with Gasteiger partial charge in [0, 0.05) is 25.4 Å². The molecule has 1 heterocycles. The van der Waals surface area contributed by atoms with Crippen molar-refractivity contribution in [2.75, 3.05) is 0 Å². The summed E-state index contributed by atoms with van der Waals surface area (Å²) in [7, 11) is 0. The molecule has 4 rings (SSSR count). The molecular weight excluding hydrogens is 406 g/mol. The van der Waals surface area contributed by atoms with Crippen molar-refractivity contribution in [1.29, 1.82) is 0 Å². The summed E-state index contributed by atoms with van der Waals surface area (Å²) in [5.41, 5.74) is 3.29. The van der Waals surface area contributed by atoms with Crippen molar-refractivity contribution in [3.8, 4) is 11.4 Å². The minimum atomic E-state index is 0.270. The molecule has 4 aromatic rings. The van der Waals surface area contributed by atoms with E-state index >= 15 is 0 Å². The third kappa shape index (κ3) is 2.14. The zero-order valence-electron chi connectivity index (χ0n) is 11.4. The molecule has 1 N–H and O–H groups in total. The molecule has 4 heteroatoms. The standard InChI is InChI=1S/C18H11Br2NO/c19-11-1-7-15-16-8-2-12(20)10-18(16)21(17(15)9-11)13-3-5-14(22)6-4-13/h1-10,22H. The van der Waals surface area contributed by atoms with Crippen LogP contribution in [0.2, 0.25) is 0 Å². The molecule has 2 nitrogen and oxygen atoms in total. The quantitative estimate of drug-likeness (QED) is 0.403. The second-order valence-electron chi connectivity index (χ2n) is 5.17. The van der Waals surface area contributed by atoms with Crippen molar-refractivity contribution in [2.45, 2.75) is 0 Å². The number of fused-ring (bicyclic) bond motifs is 3. The zero-order chi connectivity index (χ0) is 15.3. The number of hydrogen-bond donors (Lipinski definition) is 1. The lowest BCUT2D eigenvalue weighted by Crippen LogP contribution is -1.93. The van der Waals surface area contributed by atoms with Crippen LogP contribution in [0.3, 0.4) is 0 Å². The maximum atomic E-state index is 9.54. The molecule has 3 aromatic carbocycles. The highest BCUT2D eigenvalue weighted by Crippen LogP contribution is 2.35. The van der Waals surface area contributed by atoms with Crippen molar-refractivity contribution in [1.82, 2.24) is 4.57 Å². The van der Waals surface area contributed by atoms with E-state index in [-0.39, 0.29) is 5.75 Å². The number of aromatic nitrogens is 1. The Balaban J connectivity index is 2.19. The van der Waals surface area contributed by atoms with E-state index in [4.69, 9.17) is 0 Å². The van der Waals surface area contributed by atoms with Crippen LogP contribution in [-0.4, -0.2) is 9.67 Å². The zero-order valence-corrected chi connectivity index (χ0v) is 14.6. The molecule has 0 atom stereocenters. The molecule has 0 unspecified atom stereocenters. The lowest BCUT2D eigenvalue weighted by molar-refractivity contribution is 0.475. The summed E-state index contributed by atoms with van der Waals surface area (Å²) >= 11 is 7.12. The van der Waals surface area contributed by atoms with E-state index in [1.54, 1.807) is 12.1 Å². The second-order valence-corrected chi connectivity index (χ2v) is 7.01. The first kappa shape index (κ1) is 13.9. The Kier molecular flexibility index (Phi) is 3.24. The first-order valence-corrected chi connectivity index (χ1v) is 8.41. The number of rotatable bonds is 1. The largest absolute Gasteiger partial charge is 0.508 e. The topological polar surface area (TPSA) is 25.2 Å². The summed E-state index contributed by atoms with van der Waals surface area (Å²) < 4.78 is 4.29. The van der Waals surface area contributed by atoms with Gasteiger partial charge in [-0.15, -0.1) is 0 Å². The third-order valence-electron chi connectivity index (χ3n) is 3.80. The van der Waals surface area contributed by atoms with E-state index in [1.165, 1.54) is 10.8 Å². The van der Waals surface area contributed by atoms with Gasteiger partial charge in [0.1, 0.15) is 5.75 Å². The Morgan fingerprint density at radius 2 is 1.18 bits per heavy atom. The lowest BCUT2D eigenvalue weighted by Gasteiger charge is -2.08. The van der Waals surface area contributed by atoms with Crippen molar-refractivity contribution in [3.63, 3.8) is 0 Å². The summed E-state index contributed by atoms with van der Waals surface area (Å²) in [5, 5.41) is 12.0. The van der Waals surface area contributed by atoms with Crippen LogP contribution in [0.1, 0.15) is 0 Å². The van der Waals surface area contributed by atoms with Crippen LogP contribution >= 0.6 is 31.9 Å². The molecule has 0 fully saturated rings. The Morgan fingerprint density at radius 1 is 0.682 bits per heavy atom. The van der Waals surface area contributed by atoms with Crippen LogP contribution in [0.15, 0.2) is 69.6 Å². The molecule has 0 spiro atoms. The molecule has 0 saturated heterocycles. The summed E-state index contributed by atoms with van der Waals surface area (Å²) in [6.07, 6.45) is 0. The number of hydrogen-bond acceptors (Lipinski definition) is 1. The Bertz CT molecular complexity index is 944.